The van der Waals surface area contributed by atoms with Crippen LogP contribution in [0.2, 0.25) is 10.0 Å². The first kappa shape index (κ1) is 16.3. The van der Waals surface area contributed by atoms with Gasteiger partial charge in [0.15, 0.2) is 0 Å². The van der Waals surface area contributed by atoms with Gasteiger partial charge in [0, 0.05) is 12.5 Å². The van der Waals surface area contributed by atoms with Gasteiger partial charge in [0.25, 0.3) is 0 Å². The molecule has 0 aliphatic carbocycles. The molecule has 1 aromatic rings. The maximum Gasteiger partial charge on any atom is 0.243 e. The Hall–Kier alpha value is -1.77. The highest BCUT2D eigenvalue weighted by atomic mass is 35.5. The zero-order valence-corrected chi connectivity index (χ0v) is 12.4. The lowest BCUT2D eigenvalue weighted by Crippen LogP contribution is -2.45. The molecule has 0 fully saturated rings. The number of hydrogen-bond donors (Lipinski definition) is 2. The molecule has 0 aromatic heterocycles. The molecule has 0 unspecified atom stereocenters. The lowest BCUT2D eigenvalue weighted by molar-refractivity contribution is -0.127. The highest BCUT2D eigenvalue weighted by Crippen LogP contribution is 2.29. The second-order valence-corrected chi connectivity index (χ2v) is 4.92. The Balaban J connectivity index is 2.88. The summed E-state index contributed by atoms with van der Waals surface area (Å²) >= 11 is 11.9. The minimum absolute atomic E-state index is 0.216. The molecule has 7 heteroatoms. The summed E-state index contributed by atoms with van der Waals surface area (Å²) in [5, 5.41) is 14.6. The summed E-state index contributed by atoms with van der Waals surface area (Å²) in [5.41, 5.74) is 0.407. The van der Waals surface area contributed by atoms with Crippen LogP contribution in [-0.2, 0) is 9.59 Å². The Morgan fingerprint density at radius 2 is 1.95 bits per heavy atom. The average molecular weight is 314 g/mol. The van der Waals surface area contributed by atoms with Gasteiger partial charge in [-0.25, -0.2) is 0 Å². The van der Waals surface area contributed by atoms with E-state index in [2.05, 4.69) is 10.6 Å². The Labute approximate surface area is 126 Å². The summed E-state index contributed by atoms with van der Waals surface area (Å²) in [5.74, 6) is -0.815. The van der Waals surface area contributed by atoms with Crippen molar-refractivity contribution in [2.75, 3.05) is 0 Å². The molecule has 20 heavy (non-hydrogen) atoms. The smallest absolute Gasteiger partial charge is 0.243 e. The number of nitrogens with one attached hydrogen (secondary N) is 2. The quantitative estimate of drug-likeness (QED) is 0.894. The van der Waals surface area contributed by atoms with Crippen molar-refractivity contribution in [1.29, 1.82) is 5.26 Å². The second-order valence-electron chi connectivity index (χ2n) is 4.14. The van der Waals surface area contributed by atoms with E-state index in [1.807, 2.05) is 6.07 Å². The third-order valence-corrected chi connectivity index (χ3v) is 3.35. The van der Waals surface area contributed by atoms with Crippen molar-refractivity contribution in [3.05, 3.63) is 33.8 Å². The number of halogens is 2. The topological polar surface area (TPSA) is 82.0 Å². The highest BCUT2D eigenvalue weighted by Gasteiger charge is 2.21. The predicted octanol–water partition coefficient (Wildman–Crippen LogP) is 2.20. The van der Waals surface area contributed by atoms with Crippen LogP contribution in [-0.4, -0.2) is 17.9 Å². The van der Waals surface area contributed by atoms with Crippen molar-refractivity contribution in [3.63, 3.8) is 0 Å². The molecule has 0 spiro atoms. The molecule has 0 aliphatic rings. The van der Waals surface area contributed by atoms with E-state index < -0.39 is 18.0 Å². The second kappa shape index (κ2) is 7.13. The van der Waals surface area contributed by atoms with Crippen molar-refractivity contribution in [3.8, 4) is 6.07 Å². The molecule has 2 amide bonds. The van der Waals surface area contributed by atoms with E-state index in [4.69, 9.17) is 28.5 Å². The zero-order valence-electron chi connectivity index (χ0n) is 10.9. The van der Waals surface area contributed by atoms with Gasteiger partial charge in [-0.15, -0.1) is 0 Å². The fraction of sp³-hybridized carbons (Fsp3) is 0.308. The number of nitriles is 1. The van der Waals surface area contributed by atoms with E-state index in [1.165, 1.54) is 13.8 Å². The van der Waals surface area contributed by atoms with Crippen molar-refractivity contribution in [2.24, 2.45) is 0 Å². The number of hydrogen-bond acceptors (Lipinski definition) is 3. The van der Waals surface area contributed by atoms with E-state index in [9.17, 15) is 9.59 Å². The van der Waals surface area contributed by atoms with Crippen molar-refractivity contribution >= 4 is 35.0 Å². The molecule has 1 rings (SSSR count). The molecule has 0 radical (unpaired) electrons. The first-order valence-electron chi connectivity index (χ1n) is 5.77. The summed E-state index contributed by atoms with van der Waals surface area (Å²) in [4.78, 5) is 22.8. The molecule has 5 nitrogen and oxygen atoms in total. The third-order valence-electron chi connectivity index (χ3n) is 2.52. The fourth-order valence-electron chi connectivity index (χ4n) is 1.56. The van der Waals surface area contributed by atoms with Crippen LogP contribution in [0.4, 0.5) is 0 Å². The summed E-state index contributed by atoms with van der Waals surface area (Å²) in [6.07, 6.45) is 0. The van der Waals surface area contributed by atoms with Crippen LogP contribution in [0.25, 0.3) is 0 Å². The van der Waals surface area contributed by atoms with Gasteiger partial charge in [0.05, 0.1) is 16.1 Å². The third kappa shape index (κ3) is 4.12. The first-order chi connectivity index (χ1) is 9.36. The molecule has 1 aromatic carbocycles. The van der Waals surface area contributed by atoms with Gasteiger partial charge in [-0.1, -0.05) is 35.3 Å². The van der Waals surface area contributed by atoms with Gasteiger partial charge in [-0.2, -0.15) is 5.26 Å². The molecule has 2 atom stereocenters. The SMILES string of the molecule is CC(=O)N[C@@H](C)C(=O)N[C@H](C#N)c1cccc(Cl)c1Cl. The van der Waals surface area contributed by atoms with Crippen LogP contribution in [0.5, 0.6) is 0 Å². The van der Waals surface area contributed by atoms with Crippen LogP contribution in [0, 0.1) is 11.3 Å². The van der Waals surface area contributed by atoms with E-state index in [0.29, 0.717) is 10.6 Å². The Morgan fingerprint density at radius 3 is 2.50 bits per heavy atom. The standard InChI is InChI=1S/C13H13Cl2N3O2/c1-7(17-8(2)19)13(20)18-11(6-16)9-4-3-5-10(14)12(9)15/h3-5,7,11H,1-2H3,(H,17,19)(H,18,20)/t7-,11+/m0/s1. The summed E-state index contributed by atoms with van der Waals surface area (Å²) < 4.78 is 0. The molecule has 106 valence electrons. The van der Waals surface area contributed by atoms with Gasteiger partial charge in [0.1, 0.15) is 12.1 Å². The van der Waals surface area contributed by atoms with Gasteiger partial charge in [0.2, 0.25) is 11.8 Å². The molecule has 2 N–H and O–H groups in total. The monoisotopic (exact) mass is 313 g/mol. The van der Waals surface area contributed by atoms with Crippen LogP contribution >= 0.6 is 23.2 Å². The van der Waals surface area contributed by atoms with E-state index in [-0.39, 0.29) is 10.9 Å². The van der Waals surface area contributed by atoms with Gasteiger partial charge < -0.3 is 10.6 Å². The zero-order chi connectivity index (χ0) is 15.3. The molecular weight excluding hydrogens is 301 g/mol. The normalized spacial score (nSPS) is 12.9. The average Bonchev–Trinajstić information content (AvgIpc) is 2.38. The summed E-state index contributed by atoms with van der Waals surface area (Å²) in [6, 6.07) is 5.07. The minimum Gasteiger partial charge on any atom is -0.345 e. The Morgan fingerprint density at radius 1 is 1.30 bits per heavy atom. The lowest BCUT2D eigenvalue weighted by atomic mass is 10.1. The Kier molecular flexibility index (Phi) is 5.81. The van der Waals surface area contributed by atoms with Crippen LogP contribution < -0.4 is 10.6 Å². The van der Waals surface area contributed by atoms with Crippen molar-refractivity contribution in [2.45, 2.75) is 25.9 Å². The summed E-state index contributed by atoms with van der Waals surface area (Å²) in [7, 11) is 0. The molecule has 0 saturated carbocycles. The Bertz CT molecular complexity index is 569. The number of carbonyl (C=O) groups excluding carboxylic acids is 2. The highest BCUT2D eigenvalue weighted by molar-refractivity contribution is 6.42. The molecule has 0 aliphatic heterocycles. The molecule has 0 saturated heterocycles. The van der Waals surface area contributed by atoms with Gasteiger partial charge in [-0.05, 0) is 13.0 Å². The van der Waals surface area contributed by atoms with E-state index in [1.54, 1.807) is 18.2 Å². The molecular formula is C13H13Cl2N3O2. The van der Waals surface area contributed by atoms with Crippen LogP contribution in [0.3, 0.4) is 0 Å². The van der Waals surface area contributed by atoms with Crippen molar-refractivity contribution < 1.29 is 9.59 Å². The number of nitrogens with zero attached hydrogens (tertiary/aromatic N) is 1. The van der Waals surface area contributed by atoms with E-state index >= 15 is 0 Å². The molecule has 0 heterocycles. The van der Waals surface area contributed by atoms with Crippen LogP contribution in [0.15, 0.2) is 18.2 Å². The number of rotatable bonds is 4. The van der Waals surface area contributed by atoms with Crippen molar-refractivity contribution in [1.82, 2.24) is 10.6 Å². The van der Waals surface area contributed by atoms with Crippen LogP contribution in [0.1, 0.15) is 25.5 Å². The minimum atomic E-state index is -0.940. The fourth-order valence-corrected chi connectivity index (χ4v) is 1.98. The largest absolute Gasteiger partial charge is 0.345 e. The van der Waals surface area contributed by atoms with E-state index in [0.717, 1.165) is 0 Å². The maximum atomic E-state index is 11.9. The van der Waals surface area contributed by atoms with Gasteiger partial charge in [-0.3, -0.25) is 9.59 Å². The number of carbonyl (C=O) groups is 2. The maximum absolute atomic E-state index is 11.9. The van der Waals surface area contributed by atoms with Gasteiger partial charge >= 0.3 is 0 Å². The molecule has 0 bridgehead atoms. The number of amides is 2. The number of benzene rings is 1. The predicted molar refractivity (Wildman–Crippen MR) is 76.2 cm³/mol. The summed E-state index contributed by atoms with van der Waals surface area (Å²) in [6.45, 7) is 2.82. The lowest BCUT2D eigenvalue weighted by Gasteiger charge is -2.17. The first-order valence-corrected chi connectivity index (χ1v) is 6.53.